The van der Waals surface area contributed by atoms with E-state index in [-0.39, 0.29) is 17.1 Å². The number of thiophene rings is 1. The van der Waals surface area contributed by atoms with Gasteiger partial charge in [-0.15, -0.1) is 11.3 Å². The second kappa shape index (κ2) is 7.81. The molecule has 20 heavy (non-hydrogen) atoms. The highest BCUT2D eigenvalue weighted by molar-refractivity contribution is 7.09. The van der Waals surface area contributed by atoms with Gasteiger partial charge in [0, 0.05) is 29.7 Å². The Kier molecular flexibility index (Phi) is 6.41. The molecular weight excluding hydrogens is 278 g/mol. The number of ether oxygens (including phenoxy) is 1. The molecule has 1 N–H and O–H groups in total. The first-order valence-electron chi connectivity index (χ1n) is 6.18. The molecule has 1 aromatic rings. The van der Waals surface area contributed by atoms with Gasteiger partial charge in [-0.3, -0.25) is 4.79 Å². The summed E-state index contributed by atoms with van der Waals surface area (Å²) in [6.07, 6.45) is 0. The molecule has 0 unspecified atom stereocenters. The van der Waals surface area contributed by atoms with Gasteiger partial charge in [0.05, 0.1) is 13.2 Å². The van der Waals surface area contributed by atoms with Gasteiger partial charge in [-0.1, -0.05) is 6.07 Å². The monoisotopic (exact) mass is 297 g/mol. The van der Waals surface area contributed by atoms with Gasteiger partial charge in [0.2, 0.25) is 5.91 Å². The van der Waals surface area contributed by atoms with Crippen LogP contribution in [0.25, 0.3) is 0 Å². The number of carboxylic acids is 1. The number of rotatable bonds is 7. The van der Waals surface area contributed by atoms with Crippen LogP contribution >= 0.6 is 11.3 Å². The summed E-state index contributed by atoms with van der Waals surface area (Å²) in [7, 11) is 1.57. The van der Waals surface area contributed by atoms with Crippen LogP contribution in [0, 0.1) is 0 Å². The first kappa shape index (κ1) is 16.4. The van der Waals surface area contributed by atoms with Gasteiger partial charge in [0.25, 0.3) is 0 Å². The molecule has 0 atom stereocenters. The Morgan fingerprint density at radius 2 is 2.05 bits per heavy atom. The number of carboxylic acid groups (broad SMARTS) is 1. The van der Waals surface area contributed by atoms with E-state index in [0.29, 0.717) is 19.7 Å². The van der Waals surface area contributed by atoms with Crippen molar-refractivity contribution in [2.45, 2.75) is 20.4 Å². The maximum Gasteiger partial charge on any atom is 0.331 e. The van der Waals surface area contributed by atoms with Crippen molar-refractivity contribution in [1.82, 2.24) is 4.90 Å². The summed E-state index contributed by atoms with van der Waals surface area (Å²) in [4.78, 5) is 26.0. The number of carbonyl (C=O) groups is 2. The minimum atomic E-state index is -1.07. The summed E-state index contributed by atoms with van der Waals surface area (Å²) < 4.78 is 5.01. The van der Waals surface area contributed by atoms with E-state index in [0.717, 1.165) is 4.88 Å². The largest absolute Gasteiger partial charge is 0.478 e. The molecule has 6 heteroatoms. The average Bonchev–Trinajstić information content (AvgIpc) is 2.93. The number of amides is 1. The maximum absolute atomic E-state index is 12.4. The number of hydrogen-bond donors (Lipinski definition) is 1. The average molecular weight is 297 g/mol. The smallest absolute Gasteiger partial charge is 0.331 e. The zero-order valence-corrected chi connectivity index (χ0v) is 12.7. The Morgan fingerprint density at radius 3 is 2.55 bits per heavy atom. The predicted molar refractivity (Wildman–Crippen MR) is 77.6 cm³/mol. The van der Waals surface area contributed by atoms with E-state index in [9.17, 15) is 9.59 Å². The zero-order chi connectivity index (χ0) is 15.1. The lowest BCUT2D eigenvalue weighted by Gasteiger charge is -2.22. The number of carbonyl (C=O) groups excluding carboxylic acids is 1. The second-order valence-corrected chi connectivity index (χ2v) is 5.39. The lowest BCUT2D eigenvalue weighted by molar-refractivity contribution is -0.134. The normalized spacial score (nSPS) is 11.9. The Labute approximate surface area is 122 Å². The van der Waals surface area contributed by atoms with Crippen LogP contribution in [-0.4, -0.2) is 42.1 Å². The summed E-state index contributed by atoms with van der Waals surface area (Å²) >= 11 is 1.56. The topological polar surface area (TPSA) is 66.8 Å². The molecule has 0 bridgehead atoms. The van der Waals surface area contributed by atoms with E-state index in [2.05, 4.69) is 0 Å². The molecule has 0 spiro atoms. The van der Waals surface area contributed by atoms with Crippen molar-refractivity contribution in [1.29, 1.82) is 0 Å². The second-order valence-electron chi connectivity index (χ2n) is 4.35. The number of aliphatic carboxylic acids is 1. The molecule has 0 aliphatic rings. The summed E-state index contributed by atoms with van der Waals surface area (Å²) in [5.74, 6) is -1.34. The lowest BCUT2D eigenvalue weighted by atomic mass is 10.1. The van der Waals surface area contributed by atoms with Crippen molar-refractivity contribution >= 4 is 23.2 Å². The van der Waals surface area contributed by atoms with E-state index in [1.807, 2.05) is 17.5 Å². The molecular formula is C14H19NO4S. The summed E-state index contributed by atoms with van der Waals surface area (Å²) in [5, 5.41) is 10.9. The third-order valence-corrected chi connectivity index (χ3v) is 3.84. The van der Waals surface area contributed by atoms with E-state index < -0.39 is 5.97 Å². The molecule has 0 aromatic carbocycles. The fraction of sp³-hybridized carbons (Fsp3) is 0.429. The van der Waals surface area contributed by atoms with Crippen molar-refractivity contribution in [2.75, 3.05) is 20.3 Å². The van der Waals surface area contributed by atoms with Gasteiger partial charge in [0.15, 0.2) is 0 Å². The number of hydrogen-bond acceptors (Lipinski definition) is 4. The van der Waals surface area contributed by atoms with Crippen molar-refractivity contribution in [2.24, 2.45) is 0 Å². The molecule has 1 heterocycles. The standard InChI is InChI=1S/C14H19NO4S/c1-10(11(2)14(17)18)13(16)15(6-7-19-3)9-12-5-4-8-20-12/h4-5,8H,6-7,9H2,1-3H3,(H,17,18). The fourth-order valence-electron chi connectivity index (χ4n) is 1.60. The van der Waals surface area contributed by atoms with E-state index in [4.69, 9.17) is 9.84 Å². The van der Waals surface area contributed by atoms with E-state index >= 15 is 0 Å². The molecule has 1 rings (SSSR count). The molecule has 0 aliphatic heterocycles. The summed E-state index contributed by atoms with van der Waals surface area (Å²) in [6.45, 7) is 4.29. The molecule has 0 saturated carbocycles. The van der Waals surface area contributed by atoms with Gasteiger partial charge >= 0.3 is 5.97 Å². The van der Waals surface area contributed by atoms with Crippen LogP contribution in [0.15, 0.2) is 28.7 Å². The molecule has 0 saturated heterocycles. The fourth-order valence-corrected chi connectivity index (χ4v) is 2.32. The first-order chi connectivity index (χ1) is 9.47. The summed E-state index contributed by atoms with van der Waals surface area (Å²) in [5.41, 5.74) is 0.328. The maximum atomic E-state index is 12.4. The third-order valence-electron chi connectivity index (χ3n) is 2.98. The number of methoxy groups -OCH3 is 1. The van der Waals surface area contributed by atoms with Gasteiger partial charge in [0.1, 0.15) is 0 Å². The Hall–Kier alpha value is -1.66. The molecule has 110 valence electrons. The Bertz CT molecular complexity index is 493. The van der Waals surface area contributed by atoms with E-state index in [1.54, 1.807) is 30.3 Å². The Balaban J connectivity index is 2.89. The molecule has 0 radical (unpaired) electrons. The van der Waals surface area contributed by atoms with Crippen LogP contribution < -0.4 is 0 Å². The van der Waals surface area contributed by atoms with E-state index in [1.165, 1.54) is 6.92 Å². The van der Waals surface area contributed by atoms with Gasteiger partial charge in [-0.25, -0.2) is 4.79 Å². The lowest BCUT2D eigenvalue weighted by Crippen LogP contribution is -2.34. The third kappa shape index (κ3) is 4.47. The molecule has 1 aromatic heterocycles. The van der Waals surface area contributed by atoms with Crippen LogP contribution in [0.4, 0.5) is 0 Å². The van der Waals surface area contributed by atoms with Crippen molar-refractivity contribution in [3.8, 4) is 0 Å². The van der Waals surface area contributed by atoms with Gasteiger partial charge < -0.3 is 14.7 Å². The zero-order valence-electron chi connectivity index (χ0n) is 11.9. The van der Waals surface area contributed by atoms with Gasteiger partial charge in [-0.2, -0.15) is 0 Å². The van der Waals surface area contributed by atoms with Crippen LogP contribution in [0.2, 0.25) is 0 Å². The molecule has 1 amide bonds. The first-order valence-corrected chi connectivity index (χ1v) is 7.06. The Morgan fingerprint density at radius 1 is 1.35 bits per heavy atom. The predicted octanol–water partition coefficient (Wildman–Crippen LogP) is 2.14. The van der Waals surface area contributed by atoms with Crippen molar-refractivity contribution < 1.29 is 19.4 Å². The van der Waals surface area contributed by atoms with Crippen LogP contribution in [-0.2, 0) is 20.9 Å². The quantitative estimate of drug-likeness (QED) is 0.783. The van der Waals surface area contributed by atoms with Crippen LogP contribution in [0.5, 0.6) is 0 Å². The summed E-state index contributed by atoms with van der Waals surface area (Å²) in [6, 6.07) is 3.87. The van der Waals surface area contributed by atoms with Crippen molar-refractivity contribution in [3.63, 3.8) is 0 Å². The van der Waals surface area contributed by atoms with Crippen molar-refractivity contribution in [3.05, 3.63) is 33.5 Å². The molecule has 0 aliphatic carbocycles. The minimum Gasteiger partial charge on any atom is -0.478 e. The molecule has 5 nitrogen and oxygen atoms in total. The highest BCUT2D eigenvalue weighted by atomic mass is 32.1. The molecule has 0 fully saturated rings. The van der Waals surface area contributed by atoms with Crippen LogP contribution in [0.3, 0.4) is 0 Å². The minimum absolute atomic E-state index is 0.0728. The highest BCUT2D eigenvalue weighted by Gasteiger charge is 2.19. The highest BCUT2D eigenvalue weighted by Crippen LogP contribution is 2.15. The van der Waals surface area contributed by atoms with Crippen LogP contribution in [0.1, 0.15) is 18.7 Å². The number of nitrogens with zero attached hydrogens (tertiary/aromatic N) is 1. The van der Waals surface area contributed by atoms with Gasteiger partial charge in [-0.05, 0) is 25.3 Å². The SMILES string of the molecule is COCCN(Cc1cccs1)C(=O)C(C)=C(C)C(=O)O.